The maximum atomic E-state index is 9.92. The first-order valence-electron chi connectivity index (χ1n) is 1.91. The van der Waals surface area contributed by atoms with E-state index in [-0.39, 0.29) is 30.2 Å². The molecule has 0 rings (SSSR count). The number of hydrogen-bond donors (Lipinski definition) is 2. The Morgan fingerprint density at radius 2 is 2.62 bits per heavy atom. The van der Waals surface area contributed by atoms with E-state index in [9.17, 15) is 4.79 Å². The van der Waals surface area contributed by atoms with Crippen LogP contribution in [0.25, 0.3) is 0 Å². The van der Waals surface area contributed by atoms with Crippen LogP contribution in [0.4, 0.5) is 0 Å². The van der Waals surface area contributed by atoms with Crippen LogP contribution < -0.4 is 21.0 Å². The minimum atomic E-state index is -0.334. The summed E-state index contributed by atoms with van der Waals surface area (Å²) >= 11 is 2.06. The average Bonchev–Trinajstić information content (AvgIpc) is 1.83. The van der Waals surface area contributed by atoms with E-state index in [1.54, 1.807) is 0 Å². The van der Waals surface area contributed by atoms with Crippen molar-refractivity contribution >= 4 is 24.9 Å². The first-order valence-corrected chi connectivity index (χ1v) is 9.28. The summed E-state index contributed by atoms with van der Waals surface area (Å²) in [6.07, 6.45) is 0.721. The van der Waals surface area contributed by atoms with Gasteiger partial charge in [-0.3, -0.25) is 0 Å². The topological polar surface area (TPSA) is 49.3 Å². The van der Waals surface area contributed by atoms with Crippen LogP contribution in [0.2, 0.25) is 0 Å². The Hall–Kier alpha value is 1.05. The van der Waals surface area contributed by atoms with Gasteiger partial charge >= 0.3 is 68.5 Å². The molecule has 0 saturated carbocycles. The summed E-state index contributed by atoms with van der Waals surface area (Å²) in [6, 6.07) is -0.334. The van der Waals surface area contributed by atoms with Crippen molar-refractivity contribution in [2.24, 2.45) is 0 Å². The molecule has 3 nitrogen and oxygen atoms in total. The first kappa shape index (κ1) is 9.05. The van der Waals surface area contributed by atoms with Crippen molar-refractivity contribution < 1.29 is 27.4 Å². The molecular formula is C3H6I2NO2-. The SMILES string of the molecule is O=C[C@H](CO)N[I-]I. The summed E-state index contributed by atoms with van der Waals surface area (Å²) in [5.41, 5.74) is 0. The molecule has 0 spiro atoms. The number of aliphatic hydroxyl groups is 1. The fourth-order valence-electron chi connectivity index (χ4n) is 0.156. The van der Waals surface area contributed by atoms with Crippen LogP contribution in [0.3, 0.4) is 0 Å². The molecule has 50 valence electrons. The third-order valence-corrected chi connectivity index (χ3v) is 3.16. The number of carbonyl (C=O) groups excluding carboxylic acids is 1. The van der Waals surface area contributed by atoms with Gasteiger partial charge in [0.2, 0.25) is 0 Å². The summed E-state index contributed by atoms with van der Waals surface area (Å²) in [7, 11) is 0. The van der Waals surface area contributed by atoms with Gasteiger partial charge in [-0.15, -0.1) is 0 Å². The maximum absolute atomic E-state index is 9.92. The number of hydrogen-bond acceptors (Lipinski definition) is 3. The molecule has 0 saturated heterocycles. The van der Waals surface area contributed by atoms with Crippen molar-refractivity contribution in [1.29, 1.82) is 0 Å². The predicted octanol–water partition coefficient (Wildman–Crippen LogP) is -3.51. The second-order valence-electron chi connectivity index (χ2n) is 1.11. The fraction of sp³-hybridized carbons (Fsp3) is 0.667. The van der Waals surface area contributed by atoms with Crippen LogP contribution in [-0.4, -0.2) is 24.0 Å². The first-order chi connectivity index (χ1) is 3.85. The summed E-state index contributed by atoms with van der Waals surface area (Å²) in [5, 5.41) is 8.38. The van der Waals surface area contributed by atoms with Crippen molar-refractivity contribution in [3.8, 4) is 0 Å². The van der Waals surface area contributed by atoms with Gasteiger partial charge in [-0.05, 0) is 0 Å². The second-order valence-corrected chi connectivity index (χ2v) is 4.87. The molecule has 5 heteroatoms. The Bertz CT molecular complexity index is 70.3. The molecule has 2 N–H and O–H groups in total. The zero-order chi connectivity index (χ0) is 6.41. The third-order valence-electron chi connectivity index (χ3n) is 0.542. The monoisotopic (exact) mass is 342 g/mol. The Labute approximate surface area is 68.0 Å². The van der Waals surface area contributed by atoms with E-state index in [4.69, 9.17) is 5.11 Å². The Kier molecular flexibility index (Phi) is 6.98. The molecule has 0 amide bonds. The van der Waals surface area contributed by atoms with Crippen molar-refractivity contribution in [3.05, 3.63) is 0 Å². The summed E-state index contributed by atoms with van der Waals surface area (Å²) in [4.78, 5) is 9.92. The number of rotatable bonds is 4. The molecule has 0 radical (unpaired) electrons. The van der Waals surface area contributed by atoms with E-state index in [0.29, 0.717) is 0 Å². The molecule has 1 atom stereocenters. The predicted molar refractivity (Wildman–Crippen MR) is 34.1 cm³/mol. The van der Waals surface area contributed by atoms with Crippen LogP contribution in [0, 0.1) is 0 Å². The van der Waals surface area contributed by atoms with E-state index >= 15 is 0 Å². The molecule has 0 bridgehead atoms. The molecule has 0 heterocycles. The van der Waals surface area contributed by atoms with Gasteiger partial charge in [0.15, 0.2) is 0 Å². The van der Waals surface area contributed by atoms with Crippen molar-refractivity contribution in [3.63, 3.8) is 0 Å². The van der Waals surface area contributed by atoms with Gasteiger partial charge in [0.25, 0.3) is 0 Å². The van der Waals surface area contributed by atoms with E-state index < -0.39 is 0 Å². The standard InChI is InChI=1S/C3H6I2NO2/c4-5-6-3(1-7)2-8/h1,3,6,8H,2H2/q-1/t3-/m1/s1. The van der Waals surface area contributed by atoms with Gasteiger partial charge < -0.3 is 0 Å². The van der Waals surface area contributed by atoms with Crippen LogP contribution in [0.15, 0.2) is 0 Å². The summed E-state index contributed by atoms with van der Waals surface area (Å²) < 4.78 is 2.86. The molecule has 8 heavy (non-hydrogen) atoms. The van der Waals surface area contributed by atoms with Gasteiger partial charge in [-0.2, -0.15) is 0 Å². The molecule has 0 fully saturated rings. The summed E-state index contributed by atoms with van der Waals surface area (Å²) in [5.74, 6) is 0. The molecule has 0 aliphatic carbocycles. The van der Waals surface area contributed by atoms with Crippen molar-refractivity contribution in [2.45, 2.75) is 6.04 Å². The van der Waals surface area contributed by atoms with Crippen LogP contribution >= 0.6 is 18.6 Å². The average molecular weight is 342 g/mol. The summed E-state index contributed by atoms with van der Waals surface area (Å²) in [6.45, 7) is -0.0910. The number of nitrogens with one attached hydrogen (secondary N) is 1. The van der Waals surface area contributed by atoms with Gasteiger partial charge in [0, 0.05) is 0 Å². The molecule has 0 aromatic rings. The number of aldehydes is 1. The number of halogens is 2. The number of carbonyl (C=O) groups is 1. The molecular weight excluding hydrogens is 336 g/mol. The zero-order valence-electron chi connectivity index (χ0n) is 3.97. The van der Waals surface area contributed by atoms with E-state index in [0.717, 1.165) is 6.29 Å². The third kappa shape index (κ3) is 3.98. The van der Waals surface area contributed by atoms with E-state index in [1.165, 1.54) is 0 Å². The van der Waals surface area contributed by atoms with Crippen LogP contribution in [0.5, 0.6) is 0 Å². The number of aliphatic hydroxyl groups excluding tert-OH is 1. The Balaban J connectivity index is 3.21. The molecule has 0 unspecified atom stereocenters. The Morgan fingerprint density at radius 3 is 2.75 bits per heavy atom. The minimum absolute atomic E-state index is 0.0910. The Morgan fingerprint density at radius 1 is 2.00 bits per heavy atom. The molecule has 0 aliphatic rings. The molecule has 0 aliphatic heterocycles. The van der Waals surface area contributed by atoms with Gasteiger partial charge in [0.1, 0.15) is 0 Å². The van der Waals surface area contributed by atoms with Gasteiger partial charge in [-0.1, -0.05) is 0 Å². The van der Waals surface area contributed by atoms with Crippen molar-refractivity contribution in [2.75, 3.05) is 6.61 Å². The van der Waals surface area contributed by atoms with Crippen LogP contribution in [-0.2, 0) is 4.79 Å². The normalized spacial score (nSPS) is 13.8. The quantitative estimate of drug-likeness (QED) is 0.317. The second kappa shape index (κ2) is 6.17. The zero-order valence-corrected chi connectivity index (χ0v) is 8.29. The van der Waals surface area contributed by atoms with Crippen LogP contribution in [0.1, 0.15) is 0 Å². The van der Waals surface area contributed by atoms with Gasteiger partial charge in [0.05, 0.1) is 0 Å². The fourth-order valence-corrected chi connectivity index (χ4v) is 2.83. The van der Waals surface area contributed by atoms with E-state index in [1.807, 2.05) is 0 Å². The molecule has 0 aromatic heterocycles. The van der Waals surface area contributed by atoms with E-state index in [2.05, 4.69) is 22.1 Å². The molecule has 0 aromatic carbocycles. The van der Waals surface area contributed by atoms with Gasteiger partial charge in [-0.25, -0.2) is 0 Å². The van der Waals surface area contributed by atoms with Crippen molar-refractivity contribution in [1.82, 2.24) is 3.53 Å².